The first-order chi connectivity index (χ1) is 14.5. The molecule has 2 aromatic heterocycles. The number of anilines is 1. The summed E-state index contributed by atoms with van der Waals surface area (Å²) in [6, 6.07) is 15.0. The number of aromatic nitrogens is 3. The van der Waals surface area contributed by atoms with Crippen LogP contribution in [0.4, 0.5) is 5.69 Å². The van der Waals surface area contributed by atoms with Crippen LogP contribution in [0.15, 0.2) is 54.7 Å². The van der Waals surface area contributed by atoms with E-state index in [9.17, 15) is 4.79 Å². The predicted octanol–water partition coefficient (Wildman–Crippen LogP) is 4.28. The average Bonchev–Trinajstić information content (AvgIpc) is 3.20. The Hall–Kier alpha value is -3.87. The van der Waals surface area contributed by atoms with E-state index in [4.69, 9.17) is 9.47 Å². The van der Waals surface area contributed by atoms with Gasteiger partial charge in [0, 0.05) is 23.5 Å². The number of nitrogens with one attached hydrogen (secondary N) is 1. The van der Waals surface area contributed by atoms with Crippen molar-refractivity contribution in [2.24, 2.45) is 0 Å². The molecule has 1 N–H and O–H groups in total. The van der Waals surface area contributed by atoms with Crippen LogP contribution >= 0.6 is 0 Å². The smallest absolute Gasteiger partial charge is 0.276 e. The first-order valence-corrected chi connectivity index (χ1v) is 9.46. The molecule has 2 aromatic carbocycles. The summed E-state index contributed by atoms with van der Waals surface area (Å²) in [6.45, 7) is 3.94. The van der Waals surface area contributed by atoms with E-state index >= 15 is 0 Å². The lowest BCUT2D eigenvalue weighted by atomic mass is 10.1. The molecule has 7 nitrogen and oxygen atoms in total. The van der Waals surface area contributed by atoms with Crippen LogP contribution in [0.2, 0.25) is 0 Å². The Morgan fingerprint density at radius 1 is 0.967 bits per heavy atom. The number of aryl methyl sites for hydroxylation is 2. The normalized spacial score (nSPS) is 10.8. The van der Waals surface area contributed by atoms with Gasteiger partial charge in [-0.25, -0.2) is 9.50 Å². The third-order valence-corrected chi connectivity index (χ3v) is 4.91. The molecule has 4 aromatic rings. The zero-order chi connectivity index (χ0) is 21.3. The van der Waals surface area contributed by atoms with Crippen LogP contribution in [0.5, 0.6) is 11.5 Å². The Labute approximate surface area is 174 Å². The molecule has 4 rings (SSSR count). The zero-order valence-electron chi connectivity index (χ0n) is 17.3. The van der Waals surface area contributed by atoms with Crippen LogP contribution in [0.25, 0.3) is 16.9 Å². The third kappa shape index (κ3) is 3.57. The molecular formula is C23H22N4O3. The molecule has 0 unspecified atom stereocenters. The van der Waals surface area contributed by atoms with E-state index in [-0.39, 0.29) is 11.6 Å². The summed E-state index contributed by atoms with van der Waals surface area (Å²) < 4.78 is 12.4. The second-order valence-electron chi connectivity index (χ2n) is 6.97. The summed E-state index contributed by atoms with van der Waals surface area (Å²) in [7, 11) is 3.18. The van der Waals surface area contributed by atoms with Crippen LogP contribution in [-0.4, -0.2) is 34.7 Å². The Kier molecular flexibility index (Phi) is 5.10. The number of amides is 1. The molecule has 0 aliphatic rings. The summed E-state index contributed by atoms with van der Waals surface area (Å²) in [4.78, 5) is 17.2. The quantitative estimate of drug-likeness (QED) is 0.539. The van der Waals surface area contributed by atoms with Gasteiger partial charge >= 0.3 is 0 Å². The van der Waals surface area contributed by atoms with Crippen molar-refractivity contribution in [3.8, 4) is 22.8 Å². The molecule has 1 amide bonds. The van der Waals surface area contributed by atoms with Gasteiger partial charge in [0.1, 0.15) is 0 Å². The number of methoxy groups -OCH3 is 2. The van der Waals surface area contributed by atoms with Crippen LogP contribution in [0, 0.1) is 13.8 Å². The Balaban J connectivity index is 1.72. The van der Waals surface area contributed by atoms with Crippen molar-refractivity contribution >= 4 is 17.2 Å². The van der Waals surface area contributed by atoms with E-state index in [2.05, 4.69) is 15.4 Å². The fourth-order valence-electron chi connectivity index (χ4n) is 3.28. The minimum Gasteiger partial charge on any atom is -0.493 e. The highest BCUT2D eigenvalue weighted by molar-refractivity contribution is 6.04. The van der Waals surface area contributed by atoms with Gasteiger partial charge in [0.25, 0.3) is 5.91 Å². The zero-order valence-corrected chi connectivity index (χ0v) is 17.3. The highest BCUT2D eigenvalue weighted by atomic mass is 16.5. The van der Waals surface area contributed by atoms with Gasteiger partial charge < -0.3 is 14.8 Å². The number of carbonyl (C=O) groups is 1. The molecule has 0 spiro atoms. The molecule has 0 aliphatic carbocycles. The topological polar surface area (TPSA) is 77.8 Å². The number of carbonyl (C=O) groups excluding carboxylic acids is 1. The number of rotatable bonds is 5. The molecule has 0 bridgehead atoms. The number of hydrogen-bond donors (Lipinski definition) is 1. The molecule has 0 atom stereocenters. The third-order valence-electron chi connectivity index (χ3n) is 4.91. The van der Waals surface area contributed by atoms with Gasteiger partial charge in [-0.1, -0.05) is 12.1 Å². The van der Waals surface area contributed by atoms with Gasteiger partial charge in [-0.3, -0.25) is 4.79 Å². The minimum atomic E-state index is -0.285. The van der Waals surface area contributed by atoms with Crippen molar-refractivity contribution in [2.45, 2.75) is 13.8 Å². The monoisotopic (exact) mass is 402 g/mol. The first-order valence-electron chi connectivity index (χ1n) is 9.46. The maximum Gasteiger partial charge on any atom is 0.276 e. The highest BCUT2D eigenvalue weighted by Crippen LogP contribution is 2.32. The molecule has 0 fully saturated rings. The number of ether oxygens (including phenoxy) is 2. The number of fused-ring (bicyclic) bond motifs is 1. The first kappa shape index (κ1) is 19.4. The average molecular weight is 402 g/mol. The molecule has 0 radical (unpaired) electrons. The van der Waals surface area contributed by atoms with Crippen molar-refractivity contribution in [1.82, 2.24) is 14.6 Å². The van der Waals surface area contributed by atoms with Crippen molar-refractivity contribution < 1.29 is 14.3 Å². The van der Waals surface area contributed by atoms with Gasteiger partial charge in [-0.2, -0.15) is 5.10 Å². The molecule has 0 saturated heterocycles. The standard InChI is InChI=1S/C23H22N4O3/c1-14-5-6-15(2)17(11-14)25-23(28)18-13-22-24-10-9-19(27(22)26-18)16-7-8-20(29-3)21(12-16)30-4/h5-13H,1-4H3,(H,25,28). The summed E-state index contributed by atoms with van der Waals surface area (Å²) >= 11 is 0. The van der Waals surface area contributed by atoms with Gasteiger partial charge in [-0.05, 0) is 55.3 Å². The molecule has 30 heavy (non-hydrogen) atoms. The number of hydrogen-bond acceptors (Lipinski definition) is 5. The van der Waals surface area contributed by atoms with E-state index in [1.165, 1.54) is 0 Å². The number of benzene rings is 2. The second kappa shape index (κ2) is 7.87. The Morgan fingerprint density at radius 2 is 1.77 bits per heavy atom. The van der Waals surface area contributed by atoms with E-state index < -0.39 is 0 Å². The summed E-state index contributed by atoms with van der Waals surface area (Å²) in [6.07, 6.45) is 1.69. The molecular weight excluding hydrogens is 380 g/mol. The van der Waals surface area contributed by atoms with E-state index in [1.807, 2.05) is 56.3 Å². The Morgan fingerprint density at radius 3 is 2.53 bits per heavy atom. The minimum absolute atomic E-state index is 0.285. The second-order valence-corrected chi connectivity index (χ2v) is 6.97. The van der Waals surface area contributed by atoms with Crippen LogP contribution in [0.3, 0.4) is 0 Å². The van der Waals surface area contributed by atoms with Crippen LogP contribution < -0.4 is 14.8 Å². The van der Waals surface area contributed by atoms with Crippen molar-refractivity contribution in [3.63, 3.8) is 0 Å². The van der Waals surface area contributed by atoms with Crippen molar-refractivity contribution in [2.75, 3.05) is 19.5 Å². The fraction of sp³-hybridized carbons (Fsp3) is 0.174. The lowest BCUT2D eigenvalue weighted by molar-refractivity contribution is 0.102. The lowest BCUT2D eigenvalue weighted by Crippen LogP contribution is -2.13. The predicted molar refractivity (Wildman–Crippen MR) is 115 cm³/mol. The summed E-state index contributed by atoms with van der Waals surface area (Å²) in [5, 5.41) is 7.45. The lowest BCUT2D eigenvalue weighted by Gasteiger charge is -2.10. The maximum atomic E-state index is 12.8. The number of nitrogens with zero attached hydrogens (tertiary/aromatic N) is 3. The van der Waals surface area contributed by atoms with Gasteiger partial charge in [-0.15, -0.1) is 0 Å². The van der Waals surface area contributed by atoms with Gasteiger partial charge in [0.15, 0.2) is 22.8 Å². The van der Waals surface area contributed by atoms with Gasteiger partial charge in [0.2, 0.25) is 0 Å². The van der Waals surface area contributed by atoms with E-state index in [1.54, 1.807) is 31.0 Å². The summed E-state index contributed by atoms with van der Waals surface area (Å²) in [5.41, 5.74) is 5.34. The highest BCUT2D eigenvalue weighted by Gasteiger charge is 2.16. The molecule has 7 heteroatoms. The van der Waals surface area contributed by atoms with Crippen LogP contribution in [0.1, 0.15) is 21.6 Å². The van der Waals surface area contributed by atoms with Crippen molar-refractivity contribution in [1.29, 1.82) is 0 Å². The van der Waals surface area contributed by atoms with E-state index in [0.29, 0.717) is 17.1 Å². The SMILES string of the molecule is COc1ccc(-c2ccnc3cc(C(=O)Nc4cc(C)ccc4C)nn23)cc1OC. The molecule has 2 heterocycles. The fourth-order valence-corrected chi connectivity index (χ4v) is 3.28. The van der Waals surface area contributed by atoms with Crippen LogP contribution in [-0.2, 0) is 0 Å². The molecule has 0 saturated carbocycles. The van der Waals surface area contributed by atoms with Gasteiger partial charge in [0.05, 0.1) is 19.9 Å². The largest absolute Gasteiger partial charge is 0.493 e. The Bertz CT molecular complexity index is 1250. The van der Waals surface area contributed by atoms with Crippen molar-refractivity contribution in [3.05, 3.63) is 71.5 Å². The summed E-state index contributed by atoms with van der Waals surface area (Å²) in [5.74, 6) is 0.966. The van der Waals surface area contributed by atoms with E-state index in [0.717, 1.165) is 28.1 Å². The maximum absolute atomic E-state index is 12.8. The molecule has 152 valence electrons. The molecule has 0 aliphatic heterocycles.